The van der Waals surface area contributed by atoms with E-state index in [4.69, 9.17) is 9.47 Å². The van der Waals surface area contributed by atoms with Crippen LogP contribution in [-0.2, 0) is 5.41 Å². The van der Waals surface area contributed by atoms with Gasteiger partial charge in [0.1, 0.15) is 0 Å². The Hall–Kier alpha value is -1.48. The Morgan fingerprint density at radius 3 is 2.30 bits per heavy atom. The zero-order valence-electron chi connectivity index (χ0n) is 13.1. The Bertz CT molecular complexity index is 452. The summed E-state index contributed by atoms with van der Waals surface area (Å²) >= 11 is 0. The van der Waals surface area contributed by atoms with Crippen LogP contribution in [0.15, 0.2) is 30.4 Å². The lowest BCUT2D eigenvalue weighted by atomic mass is 9.69. The standard InChI is InChI=1S/C17H26O3/c1-6-9-17(10-11-18,13(2)3)14-7-8-15(19-4)16(12-14)20-5/h6-9,12-13,18H,10-11H2,1-5H3/b9-6+. The van der Waals surface area contributed by atoms with E-state index in [0.717, 1.165) is 17.1 Å². The average Bonchev–Trinajstić information content (AvgIpc) is 2.45. The molecule has 0 saturated heterocycles. The molecule has 1 atom stereocenters. The molecule has 0 amide bonds. The number of aliphatic hydroxyl groups excluding tert-OH is 1. The third-order valence-electron chi connectivity index (χ3n) is 3.94. The van der Waals surface area contributed by atoms with Crippen molar-refractivity contribution in [3.63, 3.8) is 0 Å². The Morgan fingerprint density at radius 2 is 1.85 bits per heavy atom. The Labute approximate surface area is 122 Å². The summed E-state index contributed by atoms with van der Waals surface area (Å²) in [6.45, 7) is 6.50. The number of hydrogen-bond donors (Lipinski definition) is 1. The number of hydrogen-bond acceptors (Lipinski definition) is 3. The molecule has 0 aliphatic carbocycles. The Kier molecular flexibility index (Phi) is 6.08. The van der Waals surface area contributed by atoms with Gasteiger partial charge >= 0.3 is 0 Å². The van der Waals surface area contributed by atoms with E-state index in [2.05, 4.69) is 26.0 Å². The van der Waals surface area contributed by atoms with E-state index < -0.39 is 0 Å². The zero-order valence-corrected chi connectivity index (χ0v) is 13.1. The number of aliphatic hydroxyl groups is 1. The predicted octanol–water partition coefficient (Wildman–Crippen LogP) is 3.56. The maximum atomic E-state index is 9.48. The molecule has 1 N–H and O–H groups in total. The summed E-state index contributed by atoms with van der Waals surface area (Å²) in [6, 6.07) is 5.98. The Morgan fingerprint density at radius 1 is 1.20 bits per heavy atom. The maximum Gasteiger partial charge on any atom is 0.161 e. The van der Waals surface area contributed by atoms with Gasteiger partial charge in [0, 0.05) is 12.0 Å². The molecule has 0 aliphatic rings. The minimum Gasteiger partial charge on any atom is -0.493 e. The van der Waals surface area contributed by atoms with Gasteiger partial charge in [-0.3, -0.25) is 0 Å². The van der Waals surface area contributed by atoms with Crippen LogP contribution in [0.4, 0.5) is 0 Å². The van der Waals surface area contributed by atoms with E-state index in [1.165, 1.54) is 0 Å². The van der Waals surface area contributed by atoms with E-state index in [1.807, 2.05) is 25.1 Å². The second-order valence-electron chi connectivity index (χ2n) is 5.24. The van der Waals surface area contributed by atoms with Crippen molar-refractivity contribution >= 4 is 0 Å². The summed E-state index contributed by atoms with van der Waals surface area (Å²) in [5.41, 5.74) is 0.945. The van der Waals surface area contributed by atoms with Crippen LogP contribution in [0.3, 0.4) is 0 Å². The minimum absolute atomic E-state index is 0.150. The molecule has 1 aromatic carbocycles. The van der Waals surface area contributed by atoms with E-state index in [9.17, 15) is 5.11 Å². The van der Waals surface area contributed by atoms with Crippen LogP contribution in [-0.4, -0.2) is 25.9 Å². The lowest BCUT2D eigenvalue weighted by Crippen LogP contribution is -2.31. The average molecular weight is 278 g/mol. The van der Waals surface area contributed by atoms with Crippen molar-refractivity contribution in [2.24, 2.45) is 5.92 Å². The first-order valence-electron chi connectivity index (χ1n) is 7.03. The smallest absolute Gasteiger partial charge is 0.161 e. The van der Waals surface area contributed by atoms with Crippen LogP contribution >= 0.6 is 0 Å². The molecule has 0 saturated carbocycles. The molecule has 3 heteroatoms. The summed E-state index contributed by atoms with van der Waals surface area (Å²) < 4.78 is 10.7. The first-order valence-corrected chi connectivity index (χ1v) is 7.03. The van der Waals surface area contributed by atoms with E-state index in [-0.39, 0.29) is 12.0 Å². The SMILES string of the molecule is C/C=C/C(CCO)(c1ccc(OC)c(OC)c1)C(C)C. The van der Waals surface area contributed by atoms with Crippen LogP contribution in [0.5, 0.6) is 11.5 Å². The van der Waals surface area contributed by atoms with Crippen LogP contribution in [0.25, 0.3) is 0 Å². The zero-order chi connectivity index (χ0) is 15.2. The lowest BCUT2D eigenvalue weighted by Gasteiger charge is -2.35. The second-order valence-corrected chi connectivity index (χ2v) is 5.24. The third-order valence-corrected chi connectivity index (χ3v) is 3.94. The van der Waals surface area contributed by atoms with Gasteiger partial charge in [-0.15, -0.1) is 0 Å². The van der Waals surface area contributed by atoms with Crippen molar-refractivity contribution in [3.05, 3.63) is 35.9 Å². The van der Waals surface area contributed by atoms with Gasteiger partial charge < -0.3 is 14.6 Å². The molecule has 0 heterocycles. The van der Waals surface area contributed by atoms with Crippen molar-refractivity contribution in [2.45, 2.75) is 32.6 Å². The Balaban J connectivity index is 3.40. The molecule has 1 unspecified atom stereocenters. The van der Waals surface area contributed by atoms with Gasteiger partial charge in [0.15, 0.2) is 11.5 Å². The number of benzene rings is 1. The topological polar surface area (TPSA) is 38.7 Å². The first-order chi connectivity index (χ1) is 9.55. The predicted molar refractivity (Wildman–Crippen MR) is 82.6 cm³/mol. The fourth-order valence-corrected chi connectivity index (χ4v) is 2.75. The number of ether oxygens (including phenoxy) is 2. The quantitative estimate of drug-likeness (QED) is 0.775. The van der Waals surface area contributed by atoms with Crippen molar-refractivity contribution in [3.8, 4) is 11.5 Å². The molecule has 0 aliphatic heterocycles. The molecule has 0 spiro atoms. The molecule has 0 aromatic heterocycles. The number of rotatable bonds is 7. The van der Waals surface area contributed by atoms with Gasteiger partial charge in [-0.2, -0.15) is 0 Å². The van der Waals surface area contributed by atoms with Crippen LogP contribution in [0, 0.1) is 5.92 Å². The van der Waals surface area contributed by atoms with Crippen molar-refractivity contribution in [1.82, 2.24) is 0 Å². The number of methoxy groups -OCH3 is 2. The molecule has 20 heavy (non-hydrogen) atoms. The summed E-state index contributed by atoms with van der Waals surface area (Å²) in [4.78, 5) is 0. The second kappa shape index (κ2) is 7.34. The highest BCUT2D eigenvalue weighted by Crippen LogP contribution is 2.41. The highest BCUT2D eigenvalue weighted by molar-refractivity contribution is 5.47. The molecule has 1 aromatic rings. The molecule has 0 fully saturated rings. The van der Waals surface area contributed by atoms with Crippen molar-refractivity contribution in [1.29, 1.82) is 0 Å². The fraction of sp³-hybridized carbons (Fsp3) is 0.529. The van der Waals surface area contributed by atoms with E-state index in [0.29, 0.717) is 12.3 Å². The van der Waals surface area contributed by atoms with Gasteiger partial charge in [-0.25, -0.2) is 0 Å². The molecular formula is C17H26O3. The van der Waals surface area contributed by atoms with Crippen molar-refractivity contribution in [2.75, 3.05) is 20.8 Å². The normalized spacial score (nSPS) is 14.6. The minimum atomic E-state index is -0.191. The van der Waals surface area contributed by atoms with Gasteiger partial charge in [0.25, 0.3) is 0 Å². The summed E-state index contributed by atoms with van der Waals surface area (Å²) in [7, 11) is 3.27. The van der Waals surface area contributed by atoms with Crippen LogP contribution in [0.1, 0.15) is 32.8 Å². The molecule has 1 rings (SSSR count). The van der Waals surface area contributed by atoms with Crippen LogP contribution in [0.2, 0.25) is 0 Å². The molecule has 112 valence electrons. The molecule has 3 nitrogen and oxygen atoms in total. The van der Waals surface area contributed by atoms with E-state index in [1.54, 1.807) is 14.2 Å². The highest BCUT2D eigenvalue weighted by Gasteiger charge is 2.33. The van der Waals surface area contributed by atoms with Gasteiger partial charge in [0.2, 0.25) is 0 Å². The number of allylic oxidation sites excluding steroid dienone is 2. The van der Waals surface area contributed by atoms with Gasteiger partial charge in [-0.1, -0.05) is 32.1 Å². The van der Waals surface area contributed by atoms with Gasteiger partial charge in [0.05, 0.1) is 14.2 Å². The molecular weight excluding hydrogens is 252 g/mol. The molecule has 0 radical (unpaired) electrons. The lowest BCUT2D eigenvalue weighted by molar-refractivity contribution is 0.229. The highest BCUT2D eigenvalue weighted by atomic mass is 16.5. The van der Waals surface area contributed by atoms with Crippen LogP contribution < -0.4 is 9.47 Å². The van der Waals surface area contributed by atoms with Gasteiger partial charge in [-0.05, 0) is 37.0 Å². The summed E-state index contributed by atoms with van der Waals surface area (Å²) in [5.74, 6) is 1.81. The molecule has 0 bridgehead atoms. The fourth-order valence-electron chi connectivity index (χ4n) is 2.75. The third kappa shape index (κ3) is 3.15. The maximum absolute atomic E-state index is 9.48. The summed E-state index contributed by atoms with van der Waals surface area (Å²) in [5, 5.41) is 9.48. The summed E-state index contributed by atoms with van der Waals surface area (Å²) in [6.07, 6.45) is 4.91. The first kappa shape index (κ1) is 16.6. The largest absolute Gasteiger partial charge is 0.493 e. The van der Waals surface area contributed by atoms with Crippen molar-refractivity contribution < 1.29 is 14.6 Å². The van der Waals surface area contributed by atoms with E-state index >= 15 is 0 Å². The monoisotopic (exact) mass is 278 g/mol.